The number of hydrogen-bond donors (Lipinski definition) is 1. The largest absolute Gasteiger partial charge is 0.345 e. The van der Waals surface area contributed by atoms with Crippen molar-refractivity contribution in [2.45, 2.75) is 47.6 Å². The van der Waals surface area contributed by atoms with Crippen molar-refractivity contribution in [3.05, 3.63) is 61.1 Å². The first-order valence-corrected chi connectivity index (χ1v) is 8.14. The average Bonchev–Trinajstić information content (AvgIpc) is 2.48. The molecule has 2 heterocycles. The first kappa shape index (κ1) is 22.6. The summed E-state index contributed by atoms with van der Waals surface area (Å²) in [5.74, 6) is 0.224. The number of carbonyl (C=O) groups excluding carboxylic acids is 1. The van der Waals surface area contributed by atoms with E-state index in [1.54, 1.807) is 0 Å². The van der Waals surface area contributed by atoms with E-state index in [0.29, 0.717) is 24.2 Å². The molecular formula is C21H33N3O. The van der Waals surface area contributed by atoms with E-state index in [4.69, 9.17) is 0 Å². The van der Waals surface area contributed by atoms with Crippen molar-refractivity contribution in [3.8, 4) is 0 Å². The zero-order valence-corrected chi connectivity index (χ0v) is 15.4. The molecule has 0 spiro atoms. The highest BCUT2D eigenvalue weighted by Crippen LogP contribution is 2.34. The summed E-state index contributed by atoms with van der Waals surface area (Å²) in [6.45, 7) is 28.4. The van der Waals surface area contributed by atoms with Crippen LogP contribution in [-0.4, -0.2) is 29.1 Å². The lowest BCUT2D eigenvalue weighted by Crippen LogP contribution is -2.36. The van der Waals surface area contributed by atoms with E-state index in [9.17, 15) is 4.79 Å². The van der Waals surface area contributed by atoms with Crippen LogP contribution in [0.2, 0.25) is 0 Å². The van der Waals surface area contributed by atoms with Crippen LogP contribution in [0.25, 0.3) is 0 Å². The Bertz CT molecular complexity index is 610. The Balaban J connectivity index is 0.000000449. The predicted molar refractivity (Wildman–Crippen MR) is 109 cm³/mol. The molecule has 0 saturated carbocycles. The van der Waals surface area contributed by atoms with Crippen molar-refractivity contribution < 1.29 is 4.79 Å². The van der Waals surface area contributed by atoms with Crippen LogP contribution in [0, 0.1) is 5.92 Å². The van der Waals surface area contributed by atoms with E-state index in [1.165, 1.54) is 0 Å². The molecule has 2 aliphatic heterocycles. The summed E-state index contributed by atoms with van der Waals surface area (Å²) >= 11 is 0. The Kier molecular flexibility index (Phi) is 8.34. The standard InChI is InChI=1S/C12H17N.C8H12N2O.CH4/c1-8(2)13-11(5)9(3)7-10(4)12(13)6;1-5(2)7-4-9-8(11)6(3)10-7;/h8H,3-7H2,1-2H3;5H,3-4H2,1-2H3,(H,9,11);1H4. The Labute approximate surface area is 153 Å². The number of allylic oxidation sites excluding steroid dienone is 2. The second kappa shape index (κ2) is 9.21. The van der Waals surface area contributed by atoms with Crippen LogP contribution < -0.4 is 5.32 Å². The number of hydrogen-bond acceptors (Lipinski definition) is 3. The van der Waals surface area contributed by atoms with Gasteiger partial charge in [0.15, 0.2) is 0 Å². The molecule has 0 aliphatic carbocycles. The molecular weight excluding hydrogens is 310 g/mol. The van der Waals surface area contributed by atoms with Crippen LogP contribution in [0.1, 0.15) is 41.5 Å². The van der Waals surface area contributed by atoms with Gasteiger partial charge >= 0.3 is 0 Å². The summed E-state index contributed by atoms with van der Waals surface area (Å²) in [7, 11) is 0. The van der Waals surface area contributed by atoms with Crippen molar-refractivity contribution in [1.82, 2.24) is 10.2 Å². The van der Waals surface area contributed by atoms with Gasteiger partial charge in [-0.05, 0) is 30.9 Å². The van der Waals surface area contributed by atoms with Gasteiger partial charge in [-0.2, -0.15) is 0 Å². The third-order valence-corrected chi connectivity index (χ3v) is 3.98. The lowest BCUT2D eigenvalue weighted by Gasteiger charge is -2.38. The molecule has 2 aliphatic rings. The van der Waals surface area contributed by atoms with E-state index >= 15 is 0 Å². The van der Waals surface area contributed by atoms with E-state index in [0.717, 1.165) is 34.7 Å². The number of carbonyl (C=O) groups is 1. The molecule has 2 rings (SSSR count). The van der Waals surface area contributed by atoms with Gasteiger partial charge in [0, 0.05) is 29.6 Å². The van der Waals surface area contributed by atoms with Gasteiger partial charge in [0.2, 0.25) is 0 Å². The normalized spacial score (nSPS) is 17.8. The van der Waals surface area contributed by atoms with E-state index in [1.807, 2.05) is 13.8 Å². The lowest BCUT2D eigenvalue weighted by molar-refractivity contribution is -0.117. The third-order valence-electron chi connectivity index (χ3n) is 3.98. The summed E-state index contributed by atoms with van der Waals surface area (Å²) in [5.41, 5.74) is 5.37. The summed E-state index contributed by atoms with van der Waals surface area (Å²) in [6, 6.07) is 0.369. The fourth-order valence-electron chi connectivity index (χ4n) is 2.46. The van der Waals surface area contributed by atoms with Gasteiger partial charge in [-0.1, -0.05) is 54.2 Å². The summed E-state index contributed by atoms with van der Waals surface area (Å²) in [5, 5.41) is 2.69. The summed E-state index contributed by atoms with van der Waals surface area (Å²) in [6.07, 6.45) is 0.806. The van der Waals surface area contributed by atoms with Crippen LogP contribution in [0.15, 0.2) is 66.1 Å². The SMILES string of the molecule is C.C=C1CC(=C)C(=C)N(C(C)C)C1=C.C=C1N=C(C(C)C)CNC1=O. The predicted octanol–water partition coefficient (Wildman–Crippen LogP) is 4.60. The van der Waals surface area contributed by atoms with E-state index in [2.05, 4.69) is 62.0 Å². The van der Waals surface area contributed by atoms with Crippen molar-refractivity contribution in [2.75, 3.05) is 6.54 Å². The quantitative estimate of drug-likeness (QED) is 0.745. The highest BCUT2D eigenvalue weighted by Gasteiger charge is 2.24. The minimum Gasteiger partial charge on any atom is -0.345 e. The molecule has 4 heteroatoms. The fraction of sp³-hybridized carbons (Fsp3) is 0.429. The summed E-state index contributed by atoms with van der Waals surface area (Å²) < 4.78 is 0. The fourth-order valence-corrected chi connectivity index (χ4v) is 2.46. The number of rotatable bonds is 2. The van der Waals surface area contributed by atoms with Gasteiger partial charge in [-0.15, -0.1) is 0 Å². The van der Waals surface area contributed by atoms with Gasteiger partial charge in [0.05, 0.1) is 6.54 Å². The highest BCUT2D eigenvalue weighted by molar-refractivity contribution is 6.03. The third kappa shape index (κ3) is 5.59. The van der Waals surface area contributed by atoms with Crippen LogP contribution in [0.5, 0.6) is 0 Å². The first-order valence-electron chi connectivity index (χ1n) is 8.14. The maximum Gasteiger partial charge on any atom is 0.269 e. The minimum atomic E-state index is -0.158. The van der Waals surface area contributed by atoms with Gasteiger partial charge < -0.3 is 10.2 Å². The molecule has 4 nitrogen and oxygen atoms in total. The van der Waals surface area contributed by atoms with Gasteiger partial charge in [-0.3, -0.25) is 9.79 Å². The molecule has 138 valence electrons. The number of likely N-dealkylation sites (tertiary alicyclic amines) is 1. The second-order valence-electron chi connectivity index (χ2n) is 6.63. The van der Waals surface area contributed by atoms with Crippen LogP contribution in [0.3, 0.4) is 0 Å². The molecule has 25 heavy (non-hydrogen) atoms. The van der Waals surface area contributed by atoms with E-state index < -0.39 is 0 Å². The van der Waals surface area contributed by atoms with Crippen molar-refractivity contribution in [2.24, 2.45) is 10.9 Å². The number of nitrogens with zero attached hydrogens (tertiary/aromatic N) is 2. The average molecular weight is 344 g/mol. The molecule has 0 aromatic heterocycles. The smallest absolute Gasteiger partial charge is 0.269 e. The van der Waals surface area contributed by atoms with Crippen LogP contribution in [0.4, 0.5) is 0 Å². The number of nitrogens with one attached hydrogen (secondary N) is 1. The Morgan fingerprint density at radius 3 is 1.84 bits per heavy atom. The Morgan fingerprint density at radius 2 is 1.48 bits per heavy atom. The molecule has 0 radical (unpaired) electrons. The minimum absolute atomic E-state index is 0. The Hall–Kier alpha value is -2.36. The number of piperidine rings is 1. The molecule has 0 unspecified atom stereocenters. The van der Waals surface area contributed by atoms with E-state index in [-0.39, 0.29) is 13.3 Å². The second-order valence-corrected chi connectivity index (χ2v) is 6.63. The van der Waals surface area contributed by atoms with Crippen molar-refractivity contribution in [1.29, 1.82) is 0 Å². The highest BCUT2D eigenvalue weighted by atomic mass is 16.2. The molecule has 1 fully saturated rings. The lowest BCUT2D eigenvalue weighted by atomic mass is 9.95. The Morgan fingerprint density at radius 1 is 1.00 bits per heavy atom. The van der Waals surface area contributed by atoms with Crippen LogP contribution in [-0.2, 0) is 4.79 Å². The maximum absolute atomic E-state index is 10.8. The van der Waals surface area contributed by atoms with Crippen molar-refractivity contribution in [3.63, 3.8) is 0 Å². The molecule has 0 bridgehead atoms. The molecule has 1 amide bonds. The maximum atomic E-state index is 10.8. The van der Waals surface area contributed by atoms with Crippen LogP contribution >= 0.6 is 0 Å². The molecule has 1 saturated heterocycles. The number of aliphatic imine (C=N–C) groups is 1. The monoisotopic (exact) mass is 343 g/mol. The van der Waals surface area contributed by atoms with Gasteiger partial charge in [0.1, 0.15) is 5.70 Å². The van der Waals surface area contributed by atoms with Crippen molar-refractivity contribution >= 4 is 11.6 Å². The number of amides is 1. The zero-order valence-electron chi connectivity index (χ0n) is 15.4. The molecule has 0 atom stereocenters. The molecule has 0 aromatic rings. The zero-order chi connectivity index (χ0) is 18.6. The summed E-state index contributed by atoms with van der Waals surface area (Å²) in [4.78, 5) is 17.0. The van der Waals surface area contributed by atoms with Gasteiger partial charge in [0.25, 0.3) is 5.91 Å². The molecule has 1 N–H and O–H groups in total. The van der Waals surface area contributed by atoms with Gasteiger partial charge in [-0.25, -0.2) is 0 Å². The first-order chi connectivity index (χ1) is 11.1. The topological polar surface area (TPSA) is 44.7 Å². The molecule has 0 aromatic carbocycles.